The predicted molar refractivity (Wildman–Crippen MR) is 162 cm³/mol. The first-order valence-electron chi connectivity index (χ1n) is 14.7. The van der Waals surface area contributed by atoms with Gasteiger partial charge in [-0.25, -0.2) is 9.78 Å². The second kappa shape index (κ2) is 17.1. The smallest absolute Gasteiger partial charge is 0.409 e. The number of ether oxygens (including phenoxy) is 2. The molecule has 2 N–H and O–H groups in total. The minimum Gasteiger partial charge on any atom is -0.481 e. The number of pyridine rings is 1. The highest BCUT2D eigenvalue weighted by Crippen LogP contribution is 2.24. The molecule has 0 aliphatic carbocycles. The van der Waals surface area contributed by atoms with Crippen molar-refractivity contribution in [2.45, 2.75) is 45.1 Å². The van der Waals surface area contributed by atoms with Crippen molar-refractivity contribution < 1.29 is 33.8 Å². The molecule has 1 fully saturated rings. The number of aromatic nitrogens is 1. The summed E-state index contributed by atoms with van der Waals surface area (Å²) in [7, 11) is 3.49. The highest BCUT2D eigenvalue weighted by Gasteiger charge is 2.31. The van der Waals surface area contributed by atoms with Gasteiger partial charge in [-0.15, -0.1) is 0 Å². The molecule has 1 aromatic heterocycles. The lowest BCUT2D eigenvalue weighted by molar-refractivity contribution is -0.138. The Bertz CT molecular complexity index is 1220. The van der Waals surface area contributed by atoms with Crippen LogP contribution in [-0.4, -0.2) is 110 Å². The summed E-state index contributed by atoms with van der Waals surface area (Å²) < 4.78 is 10.5. The number of hydrogen-bond acceptors (Lipinski definition) is 8. The molecule has 12 heteroatoms. The number of likely N-dealkylation sites (N-methyl/N-ethyl adjacent to an activating group) is 1. The first-order chi connectivity index (χ1) is 20.7. The summed E-state index contributed by atoms with van der Waals surface area (Å²) in [6.45, 7) is 4.56. The highest BCUT2D eigenvalue weighted by molar-refractivity contribution is 5.97. The predicted octanol–water partition coefficient (Wildman–Crippen LogP) is 3.27. The van der Waals surface area contributed by atoms with E-state index >= 15 is 0 Å². The van der Waals surface area contributed by atoms with E-state index in [1.165, 1.54) is 0 Å². The third-order valence-electron chi connectivity index (χ3n) is 7.26. The van der Waals surface area contributed by atoms with Crippen LogP contribution in [0.5, 0.6) is 0 Å². The Labute approximate surface area is 252 Å². The maximum atomic E-state index is 13.5. The lowest BCUT2D eigenvalue weighted by Crippen LogP contribution is -2.56. The molecule has 1 atom stereocenters. The quantitative estimate of drug-likeness (QED) is 0.296. The number of carboxylic acids is 1. The van der Waals surface area contributed by atoms with Crippen molar-refractivity contribution in [1.29, 1.82) is 0 Å². The molecule has 12 nitrogen and oxygen atoms in total. The molecule has 3 amide bonds. The zero-order chi connectivity index (χ0) is 31.2. The first kappa shape index (κ1) is 33.3. The van der Waals surface area contributed by atoms with E-state index in [-0.39, 0.29) is 44.7 Å². The number of anilines is 1. The number of carbonyl (C=O) groups is 4. The third kappa shape index (κ3) is 10.2. The van der Waals surface area contributed by atoms with Gasteiger partial charge in [-0.05, 0) is 25.0 Å². The number of carbonyl (C=O) groups excluding carboxylic acids is 3. The fraction of sp³-hybridized carbons (Fsp3) is 0.516. The zero-order valence-electron chi connectivity index (χ0n) is 25.3. The van der Waals surface area contributed by atoms with Crippen molar-refractivity contribution >= 4 is 29.6 Å². The first-order valence-corrected chi connectivity index (χ1v) is 14.7. The lowest BCUT2D eigenvalue weighted by Gasteiger charge is -2.36. The Morgan fingerprint density at radius 2 is 1.72 bits per heavy atom. The zero-order valence-corrected chi connectivity index (χ0v) is 25.3. The number of benzene rings is 1. The number of amides is 3. The molecule has 0 spiro atoms. The van der Waals surface area contributed by atoms with Crippen LogP contribution in [-0.2, 0) is 19.1 Å². The minimum atomic E-state index is -1.08. The van der Waals surface area contributed by atoms with Gasteiger partial charge in [-0.1, -0.05) is 50.1 Å². The summed E-state index contributed by atoms with van der Waals surface area (Å²) in [6, 6.07) is 11.9. The molecular formula is C31H43N5O7. The van der Waals surface area contributed by atoms with E-state index in [4.69, 9.17) is 9.47 Å². The Hall–Kier alpha value is -4.19. The van der Waals surface area contributed by atoms with Crippen molar-refractivity contribution in [3.05, 3.63) is 48.2 Å². The number of hydrogen-bond donors (Lipinski definition) is 2. The molecule has 0 radical (unpaired) electrons. The van der Waals surface area contributed by atoms with E-state index in [2.05, 4.69) is 17.2 Å². The SMILES string of the molecule is CCCCCOC(=O)N1CCN(C(=O)[C@H](CCC(=O)O)NC(=O)c2cc(N(C)CCOC)cc(-c3ccccc3)n2)CC1. The Morgan fingerprint density at radius 1 is 1.02 bits per heavy atom. The topological polar surface area (TPSA) is 142 Å². The van der Waals surface area contributed by atoms with Crippen LogP contribution >= 0.6 is 0 Å². The average Bonchev–Trinajstić information content (AvgIpc) is 3.03. The molecule has 0 saturated carbocycles. The molecule has 234 valence electrons. The second-order valence-corrected chi connectivity index (χ2v) is 10.5. The van der Waals surface area contributed by atoms with E-state index in [0.29, 0.717) is 25.5 Å². The van der Waals surface area contributed by atoms with Gasteiger partial charge in [-0.3, -0.25) is 14.4 Å². The maximum absolute atomic E-state index is 13.5. The van der Waals surface area contributed by atoms with E-state index in [1.54, 1.807) is 23.0 Å². The number of unbranched alkanes of at least 4 members (excludes halogenated alkanes) is 2. The van der Waals surface area contributed by atoms with Gasteiger partial charge in [0.2, 0.25) is 5.91 Å². The van der Waals surface area contributed by atoms with Crippen molar-refractivity contribution in [2.75, 3.05) is 65.0 Å². The van der Waals surface area contributed by atoms with Gasteiger partial charge in [0.25, 0.3) is 5.91 Å². The van der Waals surface area contributed by atoms with Crippen LogP contribution in [0, 0.1) is 0 Å². The van der Waals surface area contributed by atoms with Crippen molar-refractivity contribution in [1.82, 2.24) is 20.1 Å². The third-order valence-corrected chi connectivity index (χ3v) is 7.26. The molecular weight excluding hydrogens is 554 g/mol. The summed E-state index contributed by atoms with van der Waals surface area (Å²) >= 11 is 0. The second-order valence-electron chi connectivity index (χ2n) is 10.5. The summed E-state index contributed by atoms with van der Waals surface area (Å²) in [6.07, 6.45) is 2.02. The standard InChI is InChI=1S/C31H43N5O7/c1-4-5-9-19-43-31(41)36-16-14-35(15-17-36)30(40)25(12-13-28(37)38)33-29(39)27-22-24(34(2)18-20-42-3)21-26(32-27)23-10-7-6-8-11-23/h6-8,10-11,21-22,25H,4-5,9,12-20H2,1-3H3,(H,33,39)(H,37,38)/t25-/m0/s1. The molecule has 1 aromatic carbocycles. The Kier molecular flexibility index (Phi) is 13.2. The molecule has 0 bridgehead atoms. The average molecular weight is 598 g/mol. The Balaban J connectivity index is 1.75. The largest absolute Gasteiger partial charge is 0.481 e. The van der Waals surface area contributed by atoms with Crippen molar-refractivity contribution in [3.63, 3.8) is 0 Å². The number of nitrogens with one attached hydrogen (secondary N) is 1. The number of methoxy groups -OCH3 is 1. The van der Waals surface area contributed by atoms with Gasteiger partial charge < -0.3 is 34.6 Å². The molecule has 1 aliphatic heterocycles. The fourth-order valence-corrected chi connectivity index (χ4v) is 4.66. The van der Waals surface area contributed by atoms with E-state index < -0.39 is 29.9 Å². The summed E-state index contributed by atoms with van der Waals surface area (Å²) in [5.41, 5.74) is 2.24. The van der Waals surface area contributed by atoms with E-state index in [9.17, 15) is 24.3 Å². The monoisotopic (exact) mass is 597 g/mol. The van der Waals surface area contributed by atoms with Crippen LogP contribution in [0.1, 0.15) is 49.5 Å². The molecule has 2 aromatic rings. The van der Waals surface area contributed by atoms with Gasteiger partial charge in [-0.2, -0.15) is 0 Å². The summed E-state index contributed by atoms with van der Waals surface area (Å²) in [5.74, 6) is -2.06. The summed E-state index contributed by atoms with van der Waals surface area (Å²) in [4.78, 5) is 60.5. The molecule has 1 saturated heterocycles. The minimum absolute atomic E-state index is 0.0848. The van der Waals surface area contributed by atoms with Crippen molar-refractivity contribution in [2.24, 2.45) is 0 Å². The molecule has 3 rings (SSSR count). The van der Waals surface area contributed by atoms with E-state index in [1.807, 2.05) is 48.3 Å². The van der Waals surface area contributed by atoms with Crippen LogP contribution in [0.15, 0.2) is 42.5 Å². The fourth-order valence-electron chi connectivity index (χ4n) is 4.66. The number of aliphatic carboxylic acids is 1. The Morgan fingerprint density at radius 3 is 2.37 bits per heavy atom. The number of piperazine rings is 1. The van der Waals surface area contributed by atoms with Crippen LogP contribution in [0.2, 0.25) is 0 Å². The highest BCUT2D eigenvalue weighted by atomic mass is 16.6. The number of nitrogens with zero attached hydrogens (tertiary/aromatic N) is 4. The summed E-state index contributed by atoms with van der Waals surface area (Å²) in [5, 5.41) is 12.1. The van der Waals surface area contributed by atoms with Crippen LogP contribution in [0.25, 0.3) is 11.3 Å². The molecule has 0 unspecified atom stereocenters. The van der Waals surface area contributed by atoms with Crippen molar-refractivity contribution in [3.8, 4) is 11.3 Å². The number of rotatable bonds is 15. The van der Waals surface area contributed by atoms with Gasteiger partial charge >= 0.3 is 12.1 Å². The number of carboxylic acid groups (broad SMARTS) is 1. The molecule has 43 heavy (non-hydrogen) atoms. The van der Waals surface area contributed by atoms with Crippen LogP contribution < -0.4 is 10.2 Å². The van der Waals surface area contributed by atoms with Gasteiger partial charge in [0, 0.05) is 64.6 Å². The van der Waals surface area contributed by atoms with Gasteiger partial charge in [0.05, 0.1) is 18.9 Å². The van der Waals surface area contributed by atoms with Gasteiger partial charge in [0.15, 0.2) is 0 Å². The van der Waals surface area contributed by atoms with E-state index in [0.717, 1.165) is 30.5 Å². The van der Waals surface area contributed by atoms with Crippen LogP contribution in [0.4, 0.5) is 10.5 Å². The van der Waals surface area contributed by atoms with Crippen LogP contribution in [0.3, 0.4) is 0 Å². The molecule has 2 heterocycles. The maximum Gasteiger partial charge on any atom is 0.409 e. The van der Waals surface area contributed by atoms with Gasteiger partial charge in [0.1, 0.15) is 11.7 Å². The lowest BCUT2D eigenvalue weighted by atomic mass is 10.1. The molecule has 1 aliphatic rings. The normalized spacial score (nSPS) is 13.7.